The molecule has 1 heterocycles. The Morgan fingerprint density at radius 2 is 2.04 bits per heavy atom. The predicted molar refractivity (Wildman–Crippen MR) is 98.6 cm³/mol. The van der Waals surface area contributed by atoms with Gasteiger partial charge in [0.2, 0.25) is 0 Å². The minimum absolute atomic E-state index is 0.0409. The number of hydrogen-bond acceptors (Lipinski definition) is 3. The summed E-state index contributed by atoms with van der Waals surface area (Å²) in [5, 5.41) is 6.72. The van der Waals surface area contributed by atoms with Gasteiger partial charge in [0, 0.05) is 26.2 Å². The zero-order valence-corrected chi connectivity index (χ0v) is 15.2. The standard InChI is InChI=1S/C19H29FN4O/c1-14(25-18-7-3-16(20)4-8-18)11-22-19(21-2)23-12-15-9-10-24(13-15)17-5-6-17/h3-4,7-8,14-15,17H,5-6,9-13H2,1-2H3,(H2,21,22,23). The summed E-state index contributed by atoms with van der Waals surface area (Å²) >= 11 is 0. The molecule has 0 amide bonds. The van der Waals surface area contributed by atoms with E-state index in [1.54, 1.807) is 19.2 Å². The van der Waals surface area contributed by atoms with Crippen LogP contribution < -0.4 is 15.4 Å². The lowest BCUT2D eigenvalue weighted by Crippen LogP contribution is -2.43. The van der Waals surface area contributed by atoms with E-state index in [-0.39, 0.29) is 11.9 Å². The lowest BCUT2D eigenvalue weighted by molar-refractivity contribution is 0.223. The van der Waals surface area contributed by atoms with Crippen LogP contribution in [0.15, 0.2) is 29.3 Å². The Bertz CT molecular complexity index is 573. The van der Waals surface area contributed by atoms with Crippen molar-refractivity contribution < 1.29 is 9.13 Å². The SMILES string of the molecule is CN=C(NCC1CCN(C2CC2)C1)NCC(C)Oc1ccc(F)cc1. The Morgan fingerprint density at radius 3 is 2.72 bits per heavy atom. The fourth-order valence-corrected chi connectivity index (χ4v) is 3.29. The van der Waals surface area contributed by atoms with E-state index in [1.165, 1.54) is 44.5 Å². The number of halogens is 1. The lowest BCUT2D eigenvalue weighted by atomic mass is 10.1. The Kier molecular flexibility index (Phi) is 6.13. The fourth-order valence-electron chi connectivity index (χ4n) is 3.29. The van der Waals surface area contributed by atoms with Crippen LogP contribution >= 0.6 is 0 Å². The van der Waals surface area contributed by atoms with Crippen molar-refractivity contribution in [1.82, 2.24) is 15.5 Å². The van der Waals surface area contributed by atoms with Crippen molar-refractivity contribution in [2.24, 2.45) is 10.9 Å². The van der Waals surface area contributed by atoms with Crippen LogP contribution in [0.5, 0.6) is 5.75 Å². The quantitative estimate of drug-likeness (QED) is 0.586. The van der Waals surface area contributed by atoms with Gasteiger partial charge in [0.25, 0.3) is 0 Å². The first-order chi connectivity index (χ1) is 12.1. The smallest absolute Gasteiger partial charge is 0.191 e. The normalized spacial score (nSPS) is 22.7. The number of guanidine groups is 1. The third-order valence-corrected chi connectivity index (χ3v) is 4.87. The van der Waals surface area contributed by atoms with Gasteiger partial charge in [-0.2, -0.15) is 0 Å². The van der Waals surface area contributed by atoms with Crippen LogP contribution in [0.1, 0.15) is 26.2 Å². The number of hydrogen-bond donors (Lipinski definition) is 2. The number of nitrogens with zero attached hydrogens (tertiary/aromatic N) is 2. The molecular weight excluding hydrogens is 319 g/mol. The molecule has 1 saturated carbocycles. The monoisotopic (exact) mass is 348 g/mol. The number of aliphatic imine (C=N–C) groups is 1. The van der Waals surface area contributed by atoms with Crippen molar-refractivity contribution in [3.63, 3.8) is 0 Å². The van der Waals surface area contributed by atoms with Gasteiger partial charge in [-0.1, -0.05) is 0 Å². The zero-order valence-electron chi connectivity index (χ0n) is 15.2. The molecule has 6 heteroatoms. The highest BCUT2D eigenvalue weighted by molar-refractivity contribution is 5.79. The van der Waals surface area contributed by atoms with Crippen molar-refractivity contribution in [3.05, 3.63) is 30.1 Å². The van der Waals surface area contributed by atoms with Crippen LogP contribution in [0.25, 0.3) is 0 Å². The molecule has 3 rings (SSSR count). The molecule has 0 aromatic heterocycles. The minimum Gasteiger partial charge on any atom is -0.489 e. The maximum absolute atomic E-state index is 12.9. The van der Waals surface area contributed by atoms with E-state index in [0.717, 1.165) is 18.5 Å². The number of ether oxygens (including phenoxy) is 1. The molecule has 2 aliphatic rings. The van der Waals surface area contributed by atoms with Crippen LogP contribution in [0.4, 0.5) is 4.39 Å². The first-order valence-corrected chi connectivity index (χ1v) is 9.25. The molecule has 1 saturated heterocycles. The van der Waals surface area contributed by atoms with Crippen LogP contribution in [-0.4, -0.2) is 56.2 Å². The molecule has 2 N–H and O–H groups in total. The Morgan fingerprint density at radius 1 is 1.28 bits per heavy atom. The van der Waals surface area contributed by atoms with Crippen LogP contribution in [0.3, 0.4) is 0 Å². The molecule has 2 unspecified atom stereocenters. The van der Waals surface area contributed by atoms with Crippen LogP contribution in [-0.2, 0) is 0 Å². The van der Waals surface area contributed by atoms with Gasteiger partial charge in [-0.15, -0.1) is 0 Å². The van der Waals surface area contributed by atoms with Gasteiger partial charge >= 0.3 is 0 Å². The molecule has 1 aliphatic carbocycles. The molecule has 1 aromatic rings. The van der Waals surface area contributed by atoms with Gasteiger partial charge < -0.3 is 20.3 Å². The highest BCUT2D eigenvalue weighted by Crippen LogP contribution is 2.31. The number of nitrogens with one attached hydrogen (secondary N) is 2. The average Bonchev–Trinajstić information content (AvgIpc) is 3.36. The van der Waals surface area contributed by atoms with Crippen molar-refractivity contribution in [2.75, 3.05) is 33.2 Å². The van der Waals surface area contributed by atoms with Crippen LogP contribution in [0.2, 0.25) is 0 Å². The van der Waals surface area contributed by atoms with E-state index in [9.17, 15) is 4.39 Å². The van der Waals surface area contributed by atoms with Gasteiger partial charge in [-0.3, -0.25) is 4.99 Å². The Labute approximate surface area is 149 Å². The summed E-state index contributed by atoms with van der Waals surface area (Å²) in [6.07, 6.45) is 4.00. The summed E-state index contributed by atoms with van der Waals surface area (Å²) in [4.78, 5) is 6.91. The Hall–Kier alpha value is -1.82. The predicted octanol–water partition coefficient (Wildman–Crippen LogP) is 2.24. The molecule has 25 heavy (non-hydrogen) atoms. The molecule has 138 valence electrons. The number of rotatable bonds is 7. The van der Waals surface area contributed by atoms with E-state index in [4.69, 9.17) is 4.74 Å². The van der Waals surface area contributed by atoms with Crippen LogP contribution in [0, 0.1) is 11.7 Å². The molecule has 1 aromatic carbocycles. The van der Waals surface area contributed by atoms with E-state index in [1.807, 2.05) is 6.92 Å². The topological polar surface area (TPSA) is 48.9 Å². The highest BCUT2D eigenvalue weighted by atomic mass is 19.1. The molecule has 0 radical (unpaired) electrons. The van der Waals surface area contributed by atoms with Gasteiger partial charge in [-0.25, -0.2) is 4.39 Å². The third-order valence-electron chi connectivity index (χ3n) is 4.87. The van der Waals surface area contributed by atoms with Gasteiger partial charge in [0.05, 0.1) is 6.54 Å². The molecule has 0 spiro atoms. The van der Waals surface area contributed by atoms with Gasteiger partial charge in [0.15, 0.2) is 5.96 Å². The molecule has 0 bridgehead atoms. The summed E-state index contributed by atoms with van der Waals surface area (Å²) in [6, 6.07) is 6.96. The minimum atomic E-state index is -0.255. The largest absolute Gasteiger partial charge is 0.489 e. The van der Waals surface area contributed by atoms with Crippen molar-refractivity contribution in [1.29, 1.82) is 0 Å². The second kappa shape index (κ2) is 8.52. The summed E-state index contributed by atoms with van der Waals surface area (Å²) in [6.45, 7) is 6.02. The first kappa shape index (κ1) is 18.0. The summed E-state index contributed by atoms with van der Waals surface area (Å²) in [5.74, 6) is 1.92. The van der Waals surface area contributed by atoms with E-state index >= 15 is 0 Å². The van der Waals surface area contributed by atoms with Crippen molar-refractivity contribution in [2.45, 2.75) is 38.3 Å². The van der Waals surface area contributed by atoms with Gasteiger partial charge in [-0.05, 0) is 62.9 Å². The maximum Gasteiger partial charge on any atom is 0.191 e. The number of benzene rings is 1. The van der Waals surface area contributed by atoms with Crippen molar-refractivity contribution >= 4 is 5.96 Å². The first-order valence-electron chi connectivity index (χ1n) is 9.25. The summed E-state index contributed by atoms with van der Waals surface area (Å²) in [5.41, 5.74) is 0. The fraction of sp³-hybridized carbons (Fsp3) is 0.632. The molecule has 5 nitrogen and oxygen atoms in total. The maximum atomic E-state index is 12.9. The summed E-state index contributed by atoms with van der Waals surface area (Å²) < 4.78 is 18.7. The molecule has 2 fully saturated rings. The highest BCUT2D eigenvalue weighted by Gasteiger charge is 2.34. The zero-order chi connectivity index (χ0) is 17.6. The average molecular weight is 348 g/mol. The molecular formula is C19H29FN4O. The van der Waals surface area contributed by atoms with E-state index in [0.29, 0.717) is 18.2 Å². The van der Waals surface area contributed by atoms with Crippen molar-refractivity contribution in [3.8, 4) is 5.75 Å². The molecule has 1 aliphatic heterocycles. The van der Waals surface area contributed by atoms with E-state index < -0.39 is 0 Å². The Balaban J connectivity index is 1.35. The number of likely N-dealkylation sites (tertiary alicyclic amines) is 1. The third kappa shape index (κ3) is 5.59. The lowest BCUT2D eigenvalue weighted by Gasteiger charge is -2.19. The molecule has 2 atom stereocenters. The van der Waals surface area contributed by atoms with E-state index in [2.05, 4.69) is 20.5 Å². The summed E-state index contributed by atoms with van der Waals surface area (Å²) in [7, 11) is 1.78. The van der Waals surface area contributed by atoms with Gasteiger partial charge in [0.1, 0.15) is 17.7 Å². The second-order valence-corrected chi connectivity index (χ2v) is 7.10. The second-order valence-electron chi connectivity index (χ2n) is 7.10.